The summed E-state index contributed by atoms with van der Waals surface area (Å²) in [7, 11) is 0. The Bertz CT molecular complexity index is 1090. The number of benzene rings is 2. The Kier molecular flexibility index (Phi) is 4.79. The van der Waals surface area contributed by atoms with E-state index in [1.54, 1.807) is 6.20 Å². The molecule has 4 aromatic rings. The number of nitrogens with two attached hydrogens (primary N) is 2. The zero-order valence-electron chi connectivity index (χ0n) is 14.6. The van der Waals surface area contributed by atoms with Crippen LogP contribution in [0.3, 0.4) is 0 Å². The molecular formula is C21H19ClN4O. The fourth-order valence-corrected chi connectivity index (χ4v) is 3.47. The quantitative estimate of drug-likeness (QED) is 0.542. The summed E-state index contributed by atoms with van der Waals surface area (Å²) in [5.74, 6) is 0.300. The molecule has 1 atom stereocenters. The number of nitrogen functional groups attached to an aromatic ring is 1. The molecule has 0 saturated carbocycles. The number of hydrogen-bond acceptors (Lipinski definition) is 5. The molecule has 136 valence electrons. The van der Waals surface area contributed by atoms with Crippen LogP contribution in [0, 0.1) is 0 Å². The Morgan fingerprint density at radius 2 is 1.89 bits per heavy atom. The maximum absolute atomic E-state index is 6.38. The van der Waals surface area contributed by atoms with E-state index in [9.17, 15) is 0 Å². The Morgan fingerprint density at radius 1 is 1.04 bits per heavy atom. The standard InChI is InChI=1S/C21H19ClN4O/c22-19-4-2-1-3-14(19)10-17(23)11-18-20(26-27-21(18)24)15-5-6-16-12-25-8-7-13(16)9-15/h1-9,12,17H,10-11,23-24H2/t17-/m1/s1. The van der Waals surface area contributed by atoms with Gasteiger partial charge in [-0.3, -0.25) is 4.98 Å². The maximum atomic E-state index is 6.38. The highest BCUT2D eigenvalue weighted by atomic mass is 35.5. The van der Waals surface area contributed by atoms with E-state index >= 15 is 0 Å². The average molecular weight is 379 g/mol. The van der Waals surface area contributed by atoms with E-state index in [4.69, 9.17) is 27.6 Å². The van der Waals surface area contributed by atoms with Gasteiger partial charge >= 0.3 is 0 Å². The third-order valence-electron chi connectivity index (χ3n) is 4.64. The Hall–Kier alpha value is -2.89. The monoisotopic (exact) mass is 378 g/mol. The number of pyridine rings is 1. The van der Waals surface area contributed by atoms with E-state index < -0.39 is 0 Å². The van der Waals surface area contributed by atoms with E-state index in [2.05, 4.69) is 16.2 Å². The molecule has 2 aromatic heterocycles. The first-order valence-corrected chi connectivity index (χ1v) is 9.07. The smallest absolute Gasteiger partial charge is 0.225 e. The van der Waals surface area contributed by atoms with Gasteiger partial charge in [0.15, 0.2) is 0 Å². The van der Waals surface area contributed by atoms with Crippen molar-refractivity contribution >= 4 is 28.3 Å². The van der Waals surface area contributed by atoms with Gasteiger partial charge in [-0.1, -0.05) is 47.1 Å². The van der Waals surface area contributed by atoms with Crippen LogP contribution in [-0.2, 0) is 12.8 Å². The van der Waals surface area contributed by atoms with Gasteiger partial charge in [0, 0.05) is 40.0 Å². The van der Waals surface area contributed by atoms with Gasteiger partial charge in [-0.25, -0.2) is 0 Å². The average Bonchev–Trinajstić information content (AvgIpc) is 3.03. The Morgan fingerprint density at radius 3 is 2.74 bits per heavy atom. The molecule has 0 spiro atoms. The summed E-state index contributed by atoms with van der Waals surface area (Å²) in [6.45, 7) is 0. The third kappa shape index (κ3) is 3.65. The molecule has 4 rings (SSSR count). The summed E-state index contributed by atoms with van der Waals surface area (Å²) < 4.78 is 5.27. The molecule has 0 aliphatic rings. The van der Waals surface area contributed by atoms with Gasteiger partial charge in [0.25, 0.3) is 0 Å². The summed E-state index contributed by atoms with van der Waals surface area (Å²) in [4.78, 5) is 4.14. The molecule has 6 heteroatoms. The summed E-state index contributed by atoms with van der Waals surface area (Å²) in [5.41, 5.74) is 15.9. The zero-order valence-corrected chi connectivity index (χ0v) is 15.4. The van der Waals surface area contributed by atoms with Crippen molar-refractivity contribution in [1.82, 2.24) is 10.1 Å². The van der Waals surface area contributed by atoms with E-state index in [1.807, 2.05) is 48.7 Å². The molecule has 0 amide bonds. The summed E-state index contributed by atoms with van der Waals surface area (Å²) in [6, 6.07) is 15.6. The van der Waals surface area contributed by atoms with Crippen molar-refractivity contribution in [3.05, 3.63) is 77.1 Å². The first-order valence-electron chi connectivity index (χ1n) is 8.69. The highest BCUT2D eigenvalue weighted by Gasteiger charge is 2.19. The van der Waals surface area contributed by atoms with Crippen molar-refractivity contribution in [2.24, 2.45) is 5.73 Å². The minimum absolute atomic E-state index is 0.157. The number of anilines is 1. The molecule has 4 N–H and O–H groups in total. The van der Waals surface area contributed by atoms with Gasteiger partial charge in [-0.05, 0) is 42.0 Å². The number of nitrogens with zero attached hydrogens (tertiary/aromatic N) is 2. The van der Waals surface area contributed by atoms with E-state index in [0.717, 1.165) is 38.2 Å². The number of hydrogen-bond donors (Lipinski definition) is 2. The zero-order chi connectivity index (χ0) is 18.8. The normalized spacial score (nSPS) is 12.4. The highest BCUT2D eigenvalue weighted by Crippen LogP contribution is 2.30. The van der Waals surface area contributed by atoms with Crippen molar-refractivity contribution < 1.29 is 4.52 Å². The minimum Gasteiger partial charge on any atom is -0.367 e. The van der Waals surface area contributed by atoms with Crippen molar-refractivity contribution in [1.29, 1.82) is 0 Å². The molecule has 0 fully saturated rings. The van der Waals surface area contributed by atoms with Gasteiger partial charge in [0.2, 0.25) is 5.88 Å². The van der Waals surface area contributed by atoms with E-state index in [0.29, 0.717) is 18.7 Å². The van der Waals surface area contributed by atoms with Crippen LogP contribution in [0.2, 0.25) is 5.02 Å². The molecule has 27 heavy (non-hydrogen) atoms. The topological polar surface area (TPSA) is 91.0 Å². The second-order valence-corrected chi connectivity index (χ2v) is 6.98. The number of fused-ring (bicyclic) bond motifs is 1. The van der Waals surface area contributed by atoms with Crippen LogP contribution in [-0.4, -0.2) is 16.2 Å². The lowest BCUT2D eigenvalue weighted by Gasteiger charge is -2.13. The van der Waals surface area contributed by atoms with Crippen LogP contribution in [0.4, 0.5) is 5.88 Å². The predicted octanol–water partition coefficient (Wildman–Crippen LogP) is 4.24. The van der Waals surface area contributed by atoms with Crippen LogP contribution in [0.5, 0.6) is 0 Å². The van der Waals surface area contributed by atoms with Crippen LogP contribution in [0.25, 0.3) is 22.0 Å². The molecule has 0 radical (unpaired) electrons. The maximum Gasteiger partial charge on any atom is 0.225 e. The molecule has 0 aliphatic carbocycles. The van der Waals surface area contributed by atoms with Crippen LogP contribution < -0.4 is 11.5 Å². The summed E-state index contributed by atoms with van der Waals surface area (Å²) in [5, 5.41) is 7.03. The Balaban J connectivity index is 1.62. The lowest BCUT2D eigenvalue weighted by atomic mass is 9.96. The van der Waals surface area contributed by atoms with Crippen LogP contribution >= 0.6 is 11.6 Å². The fourth-order valence-electron chi connectivity index (χ4n) is 3.26. The predicted molar refractivity (Wildman–Crippen MR) is 108 cm³/mol. The summed E-state index contributed by atoms with van der Waals surface area (Å²) >= 11 is 6.25. The third-order valence-corrected chi connectivity index (χ3v) is 5.01. The SMILES string of the molecule is Nc1onc(-c2ccc3cnccc3c2)c1C[C@H](N)Cc1ccccc1Cl. The fraction of sp³-hybridized carbons (Fsp3) is 0.143. The number of halogens is 1. The van der Waals surface area contributed by atoms with Crippen molar-refractivity contribution in [3.63, 3.8) is 0 Å². The molecule has 0 aliphatic heterocycles. The van der Waals surface area contributed by atoms with Crippen LogP contribution in [0.15, 0.2) is 65.4 Å². The van der Waals surface area contributed by atoms with Gasteiger partial charge in [-0.2, -0.15) is 0 Å². The van der Waals surface area contributed by atoms with Crippen molar-refractivity contribution in [3.8, 4) is 11.3 Å². The molecule has 5 nitrogen and oxygen atoms in total. The Labute approximate surface area is 161 Å². The van der Waals surface area contributed by atoms with Crippen molar-refractivity contribution in [2.75, 3.05) is 5.73 Å². The highest BCUT2D eigenvalue weighted by molar-refractivity contribution is 6.31. The number of rotatable bonds is 5. The van der Waals surface area contributed by atoms with Gasteiger partial charge < -0.3 is 16.0 Å². The van der Waals surface area contributed by atoms with Gasteiger partial charge in [-0.15, -0.1) is 0 Å². The largest absolute Gasteiger partial charge is 0.367 e. The lowest BCUT2D eigenvalue weighted by molar-refractivity contribution is 0.438. The molecule has 0 bridgehead atoms. The first kappa shape index (κ1) is 17.5. The molecular weight excluding hydrogens is 360 g/mol. The molecule has 0 unspecified atom stereocenters. The molecule has 0 saturated heterocycles. The number of aromatic nitrogens is 2. The first-order chi connectivity index (χ1) is 13.1. The second-order valence-electron chi connectivity index (χ2n) is 6.57. The lowest BCUT2D eigenvalue weighted by Crippen LogP contribution is -2.26. The van der Waals surface area contributed by atoms with Crippen molar-refractivity contribution in [2.45, 2.75) is 18.9 Å². The van der Waals surface area contributed by atoms with Crippen LogP contribution in [0.1, 0.15) is 11.1 Å². The minimum atomic E-state index is -0.157. The van der Waals surface area contributed by atoms with Gasteiger partial charge in [0.05, 0.1) is 0 Å². The molecule has 2 heterocycles. The van der Waals surface area contributed by atoms with E-state index in [-0.39, 0.29) is 6.04 Å². The second kappa shape index (κ2) is 7.39. The molecule has 2 aromatic carbocycles. The summed E-state index contributed by atoms with van der Waals surface area (Å²) in [6.07, 6.45) is 4.79. The van der Waals surface area contributed by atoms with E-state index in [1.165, 1.54) is 0 Å². The van der Waals surface area contributed by atoms with Gasteiger partial charge in [0.1, 0.15) is 5.69 Å².